The van der Waals surface area contributed by atoms with E-state index < -0.39 is 18.5 Å². The predicted octanol–water partition coefficient (Wildman–Crippen LogP) is -3.43. The van der Waals surface area contributed by atoms with Crippen molar-refractivity contribution >= 4 is 5.97 Å². The Balaban J connectivity index is 0.00000196. The molecule has 5 heteroatoms. The molecule has 0 aromatic heterocycles. The maximum Gasteiger partial charge on any atom is 1.00 e. The molecule has 1 N–H and O–H groups in total. The van der Waals surface area contributed by atoms with Crippen molar-refractivity contribution in [2.45, 2.75) is 12.5 Å². The summed E-state index contributed by atoms with van der Waals surface area (Å²) in [6, 6.07) is 8.88. The van der Waals surface area contributed by atoms with E-state index in [-0.39, 0.29) is 36.2 Å². The van der Waals surface area contributed by atoms with E-state index in [4.69, 9.17) is 9.84 Å². The maximum absolute atomic E-state index is 10.1. The first kappa shape index (κ1) is 14.5. The molecule has 1 aromatic carbocycles. The molecule has 1 atom stereocenters. The van der Waals surface area contributed by atoms with E-state index in [1.807, 2.05) is 6.07 Å². The van der Waals surface area contributed by atoms with Gasteiger partial charge in [-0.1, -0.05) is 18.2 Å². The zero-order valence-electron chi connectivity index (χ0n) is 8.55. The summed E-state index contributed by atoms with van der Waals surface area (Å²) in [6.07, 6.45) is -1.44. The number of aliphatic hydroxyl groups is 1. The van der Waals surface area contributed by atoms with Crippen LogP contribution in [0.1, 0.15) is 6.42 Å². The van der Waals surface area contributed by atoms with Gasteiger partial charge in [0.05, 0.1) is 6.10 Å². The number of para-hydroxylation sites is 1. The largest absolute Gasteiger partial charge is 1.00 e. The zero-order valence-corrected chi connectivity index (χ0v) is 10.6. The number of carbonyl (C=O) groups is 1. The van der Waals surface area contributed by atoms with Gasteiger partial charge in [0, 0.05) is 12.4 Å². The van der Waals surface area contributed by atoms with Crippen LogP contribution < -0.4 is 39.4 Å². The molecular formula is C10H11NaO4. The predicted molar refractivity (Wildman–Crippen MR) is 47.6 cm³/mol. The first-order chi connectivity index (χ1) is 6.68. The van der Waals surface area contributed by atoms with Gasteiger partial charge in [-0.25, -0.2) is 0 Å². The Hall–Kier alpha value is -0.550. The average molecular weight is 218 g/mol. The smallest absolute Gasteiger partial charge is 0.550 e. The second-order valence-electron chi connectivity index (χ2n) is 2.85. The summed E-state index contributed by atoms with van der Waals surface area (Å²) in [4.78, 5) is 10.1. The van der Waals surface area contributed by atoms with Crippen molar-refractivity contribution in [2.24, 2.45) is 0 Å². The second-order valence-corrected chi connectivity index (χ2v) is 2.85. The fourth-order valence-electron chi connectivity index (χ4n) is 0.960. The van der Waals surface area contributed by atoms with E-state index in [0.717, 1.165) is 0 Å². The Morgan fingerprint density at radius 1 is 1.40 bits per heavy atom. The Bertz CT molecular complexity index is 289. The van der Waals surface area contributed by atoms with Gasteiger partial charge in [0.25, 0.3) is 0 Å². The molecule has 1 aromatic rings. The van der Waals surface area contributed by atoms with Gasteiger partial charge >= 0.3 is 29.6 Å². The van der Waals surface area contributed by atoms with Crippen molar-refractivity contribution in [3.63, 3.8) is 0 Å². The van der Waals surface area contributed by atoms with Crippen LogP contribution in [0.25, 0.3) is 0 Å². The SMILES string of the molecule is O=C([O-])C[C@@H](O)COc1ccccc1.[Na+]. The fourth-order valence-corrected chi connectivity index (χ4v) is 0.960. The molecule has 0 heterocycles. The van der Waals surface area contributed by atoms with Crippen molar-refractivity contribution < 1.29 is 49.3 Å². The summed E-state index contributed by atoms with van der Waals surface area (Å²) in [6.45, 7) is -0.0437. The molecule has 1 rings (SSSR count). The monoisotopic (exact) mass is 218 g/mol. The Morgan fingerprint density at radius 3 is 2.53 bits per heavy atom. The summed E-state index contributed by atoms with van der Waals surface area (Å²) >= 11 is 0. The number of hydrogen-bond acceptors (Lipinski definition) is 4. The van der Waals surface area contributed by atoms with Crippen molar-refractivity contribution in [1.29, 1.82) is 0 Å². The molecule has 0 radical (unpaired) electrons. The molecule has 4 nitrogen and oxygen atoms in total. The van der Waals surface area contributed by atoms with Gasteiger partial charge < -0.3 is 19.7 Å². The standard InChI is InChI=1S/C10H12O4.Na/c11-8(6-10(12)13)7-14-9-4-2-1-3-5-9;/h1-5,8,11H,6-7H2,(H,12,13);/q;+1/p-1/t8-;/m1./s1. The van der Waals surface area contributed by atoms with Gasteiger partial charge in [0.1, 0.15) is 12.4 Å². The van der Waals surface area contributed by atoms with Crippen LogP contribution in [-0.4, -0.2) is 23.8 Å². The molecule has 0 aliphatic carbocycles. The van der Waals surface area contributed by atoms with E-state index in [9.17, 15) is 9.90 Å². The topological polar surface area (TPSA) is 69.6 Å². The van der Waals surface area contributed by atoms with Crippen molar-refractivity contribution in [3.05, 3.63) is 30.3 Å². The molecular weight excluding hydrogens is 207 g/mol. The normalized spacial score (nSPS) is 11.3. The van der Waals surface area contributed by atoms with Gasteiger partial charge in [-0.15, -0.1) is 0 Å². The van der Waals surface area contributed by atoms with Crippen LogP contribution >= 0.6 is 0 Å². The summed E-state index contributed by atoms with van der Waals surface area (Å²) in [7, 11) is 0. The minimum absolute atomic E-state index is 0. The van der Waals surface area contributed by atoms with Crippen molar-refractivity contribution in [3.8, 4) is 5.75 Å². The van der Waals surface area contributed by atoms with E-state index in [1.54, 1.807) is 24.3 Å². The van der Waals surface area contributed by atoms with Crippen molar-refractivity contribution in [1.82, 2.24) is 0 Å². The average Bonchev–Trinajstić information content (AvgIpc) is 2.15. The Kier molecular flexibility index (Phi) is 7.42. The molecule has 0 unspecified atom stereocenters. The number of hydrogen-bond donors (Lipinski definition) is 1. The van der Waals surface area contributed by atoms with Crippen molar-refractivity contribution in [2.75, 3.05) is 6.61 Å². The first-order valence-corrected chi connectivity index (χ1v) is 4.24. The van der Waals surface area contributed by atoms with Gasteiger partial charge in [0.2, 0.25) is 0 Å². The van der Waals surface area contributed by atoms with Crippen LogP contribution in [0, 0.1) is 0 Å². The van der Waals surface area contributed by atoms with Gasteiger partial charge in [-0.3, -0.25) is 0 Å². The molecule has 0 saturated heterocycles. The summed E-state index contributed by atoms with van der Waals surface area (Å²) in [5, 5.41) is 19.2. The Morgan fingerprint density at radius 2 is 2.00 bits per heavy atom. The molecule has 0 saturated carbocycles. The van der Waals surface area contributed by atoms with Crippen LogP contribution in [-0.2, 0) is 4.79 Å². The third kappa shape index (κ3) is 6.52. The molecule has 0 amide bonds. The summed E-state index contributed by atoms with van der Waals surface area (Å²) < 4.78 is 5.13. The van der Waals surface area contributed by atoms with E-state index in [0.29, 0.717) is 5.75 Å². The molecule has 0 bridgehead atoms. The molecule has 0 fully saturated rings. The quantitative estimate of drug-likeness (QED) is 0.522. The third-order valence-corrected chi connectivity index (χ3v) is 1.59. The molecule has 0 aliphatic heterocycles. The molecule has 0 aliphatic rings. The molecule has 15 heavy (non-hydrogen) atoms. The fraction of sp³-hybridized carbons (Fsp3) is 0.300. The van der Waals surface area contributed by atoms with Crippen LogP contribution in [0.2, 0.25) is 0 Å². The van der Waals surface area contributed by atoms with Crippen LogP contribution in [0.3, 0.4) is 0 Å². The third-order valence-electron chi connectivity index (χ3n) is 1.59. The molecule has 0 spiro atoms. The number of carboxylic acid groups (broad SMARTS) is 1. The number of benzene rings is 1. The van der Waals surface area contributed by atoms with Gasteiger partial charge in [-0.2, -0.15) is 0 Å². The van der Waals surface area contributed by atoms with Gasteiger partial charge in [0.15, 0.2) is 0 Å². The van der Waals surface area contributed by atoms with E-state index in [2.05, 4.69) is 0 Å². The van der Waals surface area contributed by atoms with Crippen LogP contribution in [0.15, 0.2) is 30.3 Å². The minimum Gasteiger partial charge on any atom is -0.550 e. The number of aliphatic carboxylic acids is 1. The van der Waals surface area contributed by atoms with Gasteiger partial charge in [-0.05, 0) is 12.1 Å². The first-order valence-electron chi connectivity index (χ1n) is 4.24. The van der Waals surface area contributed by atoms with Crippen LogP contribution in [0.5, 0.6) is 5.75 Å². The number of ether oxygens (including phenoxy) is 1. The van der Waals surface area contributed by atoms with E-state index >= 15 is 0 Å². The zero-order chi connectivity index (χ0) is 10.4. The maximum atomic E-state index is 10.1. The summed E-state index contributed by atoms with van der Waals surface area (Å²) in [5.74, 6) is -0.681. The van der Waals surface area contributed by atoms with E-state index in [1.165, 1.54) is 0 Å². The number of carbonyl (C=O) groups excluding carboxylic acids is 1. The number of rotatable bonds is 5. The number of aliphatic hydroxyl groups excluding tert-OH is 1. The second kappa shape index (κ2) is 7.70. The minimum atomic E-state index is -1.28. The van der Waals surface area contributed by atoms with Crippen LogP contribution in [0.4, 0.5) is 0 Å². The molecule has 76 valence electrons. The summed E-state index contributed by atoms with van der Waals surface area (Å²) in [5.41, 5.74) is 0. The Labute approximate surface area is 110 Å². The number of carboxylic acids is 1.